The fourth-order valence-electron chi connectivity index (χ4n) is 2.44. The number of amides is 1. The van der Waals surface area contributed by atoms with Gasteiger partial charge in [-0.3, -0.25) is 4.79 Å². The van der Waals surface area contributed by atoms with Gasteiger partial charge in [-0.05, 0) is 39.8 Å². The number of hydrogen-bond donors (Lipinski definition) is 0. The molecule has 1 aliphatic heterocycles. The molecule has 1 aromatic carbocycles. The molecular weight excluding hydrogens is 296 g/mol. The standard InChI is InChI=1S/C16H24N4O3/c1-5-19(16(2,3)4)20(22)17-23-14-11-18(12-14)15(21)13-9-7-6-8-10-13/h6-10,14H,5,11-12H2,1-4H3/b20-17+. The molecule has 1 aliphatic rings. The predicted molar refractivity (Wildman–Crippen MR) is 85.4 cm³/mol. The van der Waals surface area contributed by atoms with E-state index in [1.54, 1.807) is 22.0 Å². The number of nitrogens with zero attached hydrogens (tertiary/aromatic N) is 4. The zero-order valence-corrected chi connectivity index (χ0v) is 14.1. The number of carbonyl (C=O) groups is 1. The highest BCUT2D eigenvalue weighted by molar-refractivity contribution is 5.94. The van der Waals surface area contributed by atoms with E-state index in [0.717, 1.165) is 0 Å². The van der Waals surface area contributed by atoms with E-state index < -0.39 is 0 Å². The first-order chi connectivity index (χ1) is 10.8. The fraction of sp³-hybridized carbons (Fsp3) is 0.562. The number of hydrazine groups is 1. The zero-order chi connectivity index (χ0) is 17.0. The summed E-state index contributed by atoms with van der Waals surface area (Å²) in [4.78, 5) is 19.6. The highest BCUT2D eigenvalue weighted by Crippen LogP contribution is 2.17. The van der Waals surface area contributed by atoms with Crippen molar-refractivity contribution in [3.05, 3.63) is 41.1 Å². The van der Waals surface area contributed by atoms with Crippen molar-refractivity contribution in [2.45, 2.75) is 39.3 Å². The third-order valence-electron chi connectivity index (χ3n) is 3.70. The molecule has 0 aromatic heterocycles. The van der Waals surface area contributed by atoms with Crippen LogP contribution < -0.4 is 0 Å². The Hall–Kier alpha value is -2.31. The summed E-state index contributed by atoms with van der Waals surface area (Å²) in [7, 11) is 0. The normalized spacial score (nSPS) is 16.0. The SMILES string of the molecule is CCN(/[N+]([O-])=N\OC1CN(C(=O)c2ccccc2)C1)C(C)(C)C. The molecule has 0 radical (unpaired) electrons. The van der Waals surface area contributed by atoms with Crippen molar-refractivity contribution in [3.8, 4) is 0 Å². The van der Waals surface area contributed by atoms with Crippen molar-refractivity contribution in [2.75, 3.05) is 19.6 Å². The molecule has 23 heavy (non-hydrogen) atoms. The van der Waals surface area contributed by atoms with Crippen LogP contribution in [0.15, 0.2) is 35.6 Å². The molecule has 0 aliphatic carbocycles. The summed E-state index contributed by atoms with van der Waals surface area (Å²) in [5.41, 5.74) is 0.316. The quantitative estimate of drug-likeness (QED) is 0.474. The number of carbonyl (C=O) groups excluding carboxylic acids is 1. The highest BCUT2D eigenvalue weighted by atomic mass is 16.7. The lowest BCUT2D eigenvalue weighted by molar-refractivity contribution is -0.726. The number of benzene rings is 1. The molecule has 1 aromatic rings. The van der Waals surface area contributed by atoms with Gasteiger partial charge in [0.2, 0.25) is 5.28 Å². The van der Waals surface area contributed by atoms with Gasteiger partial charge in [0.05, 0.1) is 30.1 Å². The van der Waals surface area contributed by atoms with Gasteiger partial charge in [-0.15, -0.1) is 5.01 Å². The molecule has 0 unspecified atom stereocenters. The first-order valence-corrected chi connectivity index (χ1v) is 7.79. The first-order valence-electron chi connectivity index (χ1n) is 7.79. The lowest BCUT2D eigenvalue weighted by Crippen LogP contribution is -2.54. The number of hydrogen-bond acceptors (Lipinski definition) is 4. The minimum absolute atomic E-state index is 0.0331. The Morgan fingerprint density at radius 3 is 2.52 bits per heavy atom. The molecule has 0 spiro atoms. The smallest absolute Gasteiger partial charge is 0.254 e. The van der Waals surface area contributed by atoms with Crippen molar-refractivity contribution in [1.29, 1.82) is 0 Å². The summed E-state index contributed by atoms with van der Waals surface area (Å²) < 4.78 is 0. The number of likely N-dealkylation sites (tertiary alicyclic amines) is 1. The summed E-state index contributed by atoms with van der Waals surface area (Å²) in [5.74, 6) is -0.0331. The van der Waals surface area contributed by atoms with Crippen LogP contribution in [0.25, 0.3) is 0 Å². The van der Waals surface area contributed by atoms with Crippen molar-refractivity contribution in [3.63, 3.8) is 0 Å². The van der Waals surface area contributed by atoms with Gasteiger partial charge in [-0.2, -0.15) is 0 Å². The molecule has 7 nitrogen and oxygen atoms in total. The van der Waals surface area contributed by atoms with Crippen LogP contribution in [0, 0.1) is 5.21 Å². The highest BCUT2D eigenvalue weighted by Gasteiger charge is 2.34. The largest absolute Gasteiger partial charge is 0.569 e. The van der Waals surface area contributed by atoms with Gasteiger partial charge in [0.25, 0.3) is 5.91 Å². The molecule has 0 bridgehead atoms. The van der Waals surface area contributed by atoms with Gasteiger partial charge in [0, 0.05) is 5.56 Å². The first kappa shape index (κ1) is 17.1. The Kier molecular flexibility index (Phi) is 5.08. The van der Waals surface area contributed by atoms with E-state index in [9.17, 15) is 10.0 Å². The van der Waals surface area contributed by atoms with Crippen molar-refractivity contribution in [2.24, 2.45) is 5.28 Å². The van der Waals surface area contributed by atoms with Gasteiger partial charge in [-0.1, -0.05) is 18.2 Å². The van der Waals surface area contributed by atoms with Gasteiger partial charge in [0.1, 0.15) is 0 Å². The van der Waals surface area contributed by atoms with Crippen LogP contribution in [0.4, 0.5) is 0 Å². The monoisotopic (exact) mass is 320 g/mol. The Morgan fingerprint density at radius 2 is 2.00 bits per heavy atom. The molecule has 1 heterocycles. The summed E-state index contributed by atoms with van der Waals surface area (Å²) in [6.07, 6.45) is -0.238. The van der Waals surface area contributed by atoms with Gasteiger partial charge >= 0.3 is 0 Å². The molecule has 7 heteroatoms. The van der Waals surface area contributed by atoms with Gasteiger partial charge in [0.15, 0.2) is 6.10 Å². The minimum Gasteiger partial charge on any atom is -0.569 e. The van der Waals surface area contributed by atoms with E-state index in [-0.39, 0.29) is 17.6 Å². The van der Waals surface area contributed by atoms with Crippen LogP contribution >= 0.6 is 0 Å². The van der Waals surface area contributed by atoms with E-state index in [1.807, 2.05) is 45.9 Å². The average Bonchev–Trinajstić information content (AvgIpc) is 2.45. The Bertz CT molecular complexity index is 562. The summed E-state index contributed by atoms with van der Waals surface area (Å²) in [6.45, 7) is 9.08. The van der Waals surface area contributed by atoms with Crippen LogP contribution in [0.1, 0.15) is 38.1 Å². The molecular formula is C16H24N4O3. The van der Waals surface area contributed by atoms with E-state index in [1.165, 1.54) is 0 Å². The minimum atomic E-state index is -0.335. The second kappa shape index (κ2) is 6.85. The third kappa shape index (κ3) is 4.12. The fourth-order valence-corrected chi connectivity index (χ4v) is 2.44. The van der Waals surface area contributed by atoms with Crippen molar-refractivity contribution >= 4 is 5.91 Å². The maximum absolute atomic E-state index is 12.2. The summed E-state index contributed by atoms with van der Waals surface area (Å²) >= 11 is 0. The van der Waals surface area contributed by atoms with E-state index in [4.69, 9.17) is 4.84 Å². The van der Waals surface area contributed by atoms with Crippen molar-refractivity contribution in [1.82, 2.24) is 9.91 Å². The van der Waals surface area contributed by atoms with Gasteiger partial charge in [-0.25, -0.2) is 0 Å². The average molecular weight is 320 g/mol. The van der Waals surface area contributed by atoms with Crippen LogP contribution in [0.3, 0.4) is 0 Å². The maximum Gasteiger partial charge on any atom is 0.254 e. The van der Waals surface area contributed by atoms with E-state index >= 15 is 0 Å². The third-order valence-corrected chi connectivity index (χ3v) is 3.70. The van der Waals surface area contributed by atoms with Gasteiger partial charge < -0.3 is 14.9 Å². The molecule has 1 saturated heterocycles. The second-order valence-corrected chi connectivity index (χ2v) is 6.52. The Morgan fingerprint density at radius 1 is 1.39 bits per heavy atom. The van der Waals surface area contributed by atoms with Crippen LogP contribution in [-0.4, -0.2) is 52.1 Å². The maximum atomic E-state index is 12.2. The van der Waals surface area contributed by atoms with E-state index in [2.05, 4.69) is 5.28 Å². The molecule has 1 amide bonds. The molecule has 0 atom stereocenters. The van der Waals surface area contributed by atoms with Crippen LogP contribution in [-0.2, 0) is 4.84 Å². The lowest BCUT2D eigenvalue weighted by atomic mass is 10.1. The lowest BCUT2D eigenvalue weighted by Gasteiger charge is -2.36. The second-order valence-electron chi connectivity index (χ2n) is 6.52. The number of rotatable bonds is 5. The van der Waals surface area contributed by atoms with Crippen molar-refractivity contribution < 1.29 is 14.6 Å². The summed E-state index contributed by atoms with van der Waals surface area (Å²) in [6, 6.07) is 9.09. The summed E-state index contributed by atoms with van der Waals surface area (Å²) in [5, 5.41) is 17.1. The molecule has 0 saturated carbocycles. The van der Waals surface area contributed by atoms with Crippen LogP contribution in [0.5, 0.6) is 0 Å². The topological polar surface area (TPSA) is 71.2 Å². The molecule has 126 valence electrons. The predicted octanol–water partition coefficient (Wildman–Crippen LogP) is 2.44. The van der Waals surface area contributed by atoms with Crippen LogP contribution in [0.2, 0.25) is 0 Å². The van der Waals surface area contributed by atoms with E-state index in [0.29, 0.717) is 30.2 Å². The molecule has 2 rings (SSSR count). The molecule has 1 fully saturated rings. The Labute approximate surface area is 136 Å². The molecule has 0 N–H and O–H groups in total. The zero-order valence-electron chi connectivity index (χ0n) is 14.1. The Balaban J connectivity index is 1.84.